The van der Waals surface area contributed by atoms with Crippen molar-refractivity contribution in [1.82, 2.24) is 0 Å². The number of halogens is 2. The van der Waals surface area contributed by atoms with Gasteiger partial charge < -0.3 is 5.32 Å². The van der Waals surface area contributed by atoms with Gasteiger partial charge in [0.15, 0.2) is 11.2 Å². The van der Waals surface area contributed by atoms with Gasteiger partial charge in [-0.1, -0.05) is 18.2 Å². The summed E-state index contributed by atoms with van der Waals surface area (Å²) in [6.07, 6.45) is 0. The third kappa shape index (κ3) is 3.53. The van der Waals surface area contributed by atoms with Crippen molar-refractivity contribution in [3.63, 3.8) is 0 Å². The Morgan fingerprint density at radius 1 is 1.27 bits per heavy atom. The molecule has 0 saturated heterocycles. The van der Waals surface area contributed by atoms with Gasteiger partial charge in [0.1, 0.15) is 0 Å². The average Bonchev–Trinajstić information content (AvgIpc) is 2.28. The van der Waals surface area contributed by atoms with E-state index in [1.54, 1.807) is 24.3 Å². The average molecular weight is 246 g/mol. The molecule has 1 atom stereocenters. The highest BCUT2D eigenvalue weighted by atomic mass is 35.5. The van der Waals surface area contributed by atoms with Gasteiger partial charge in [0.05, 0.1) is 5.88 Å². The summed E-state index contributed by atoms with van der Waals surface area (Å²) in [7, 11) is 0. The molecule has 0 aliphatic carbocycles. The van der Waals surface area contributed by atoms with Crippen LogP contribution in [0.1, 0.15) is 0 Å². The van der Waals surface area contributed by atoms with Gasteiger partial charge in [0.2, 0.25) is 5.91 Å². The van der Waals surface area contributed by atoms with Crippen LogP contribution in [0.2, 0.25) is 0 Å². The highest BCUT2D eigenvalue weighted by Gasteiger charge is 2.22. The van der Waals surface area contributed by atoms with E-state index in [9.17, 15) is 9.59 Å². The van der Waals surface area contributed by atoms with Gasteiger partial charge in [0.25, 0.3) is 0 Å². The number of benzene rings is 1. The van der Waals surface area contributed by atoms with Crippen molar-refractivity contribution in [3.05, 3.63) is 30.3 Å². The Morgan fingerprint density at radius 3 is 2.40 bits per heavy atom. The zero-order chi connectivity index (χ0) is 11.3. The summed E-state index contributed by atoms with van der Waals surface area (Å²) in [5.41, 5.74) is 0.593. The fraction of sp³-hybridized carbons (Fsp3) is 0.200. The number of nitrogens with one attached hydrogen (secondary N) is 1. The van der Waals surface area contributed by atoms with Crippen LogP contribution in [0.5, 0.6) is 0 Å². The molecule has 0 aliphatic rings. The third-order valence-electron chi connectivity index (χ3n) is 1.69. The molecule has 0 aliphatic heterocycles. The van der Waals surface area contributed by atoms with Crippen LogP contribution in [-0.4, -0.2) is 22.9 Å². The fourth-order valence-corrected chi connectivity index (χ4v) is 1.31. The Morgan fingerprint density at radius 2 is 1.87 bits per heavy atom. The lowest BCUT2D eigenvalue weighted by molar-refractivity contribution is -0.123. The molecule has 1 N–H and O–H groups in total. The Bertz CT molecular complexity index is 354. The van der Waals surface area contributed by atoms with Crippen molar-refractivity contribution in [2.75, 3.05) is 11.2 Å². The number of hydrogen-bond acceptors (Lipinski definition) is 2. The van der Waals surface area contributed by atoms with Crippen LogP contribution >= 0.6 is 23.2 Å². The van der Waals surface area contributed by atoms with Crippen molar-refractivity contribution < 1.29 is 9.59 Å². The van der Waals surface area contributed by atoms with E-state index in [1.807, 2.05) is 6.07 Å². The van der Waals surface area contributed by atoms with Gasteiger partial charge in [0, 0.05) is 5.69 Å². The van der Waals surface area contributed by atoms with Crippen LogP contribution in [0, 0.1) is 0 Å². The number of hydrogen-bond donors (Lipinski definition) is 1. The minimum atomic E-state index is -1.23. The van der Waals surface area contributed by atoms with Crippen LogP contribution in [0.4, 0.5) is 5.69 Å². The second kappa shape index (κ2) is 5.73. The first-order valence-corrected chi connectivity index (χ1v) is 5.21. The number of Topliss-reactive ketones (excluding diaryl/α,β-unsaturated/α-hetero) is 1. The summed E-state index contributed by atoms with van der Waals surface area (Å²) in [6.45, 7) is 0. The molecule has 0 heterocycles. The van der Waals surface area contributed by atoms with Gasteiger partial charge in [-0.05, 0) is 12.1 Å². The molecular weight excluding hydrogens is 237 g/mol. The summed E-state index contributed by atoms with van der Waals surface area (Å²) in [6, 6.07) is 8.75. The van der Waals surface area contributed by atoms with E-state index >= 15 is 0 Å². The Labute approximate surface area is 97.4 Å². The highest BCUT2D eigenvalue weighted by molar-refractivity contribution is 6.47. The third-order valence-corrected chi connectivity index (χ3v) is 2.39. The van der Waals surface area contributed by atoms with E-state index in [0.717, 1.165) is 0 Å². The number of carbonyl (C=O) groups excluding carboxylic acids is 2. The first kappa shape index (κ1) is 12.0. The minimum Gasteiger partial charge on any atom is -0.324 e. The number of rotatable bonds is 4. The molecule has 0 unspecified atom stereocenters. The molecule has 1 rings (SSSR count). The molecule has 0 aromatic heterocycles. The predicted octanol–water partition coefficient (Wildman–Crippen LogP) is 2.04. The SMILES string of the molecule is O=C(CCl)[C@H](Cl)C(=O)Nc1ccccc1. The van der Waals surface area contributed by atoms with Crippen LogP contribution in [0.15, 0.2) is 30.3 Å². The van der Waals surface area contributed by atoms with Crippen LogP contribution in [0.3, 0.4) is 0 Å². The molecule has 15 heavy (non-hydrogen) atoms. The Hall–Kier alpha value is -1.06. The quantitative estimate of drug-likeness (QED) is 0.652. The number of carbonyl (C=O) groups is 2. The molecule has 0 radical (unpaired) electrons. The number of amides is 1. The normalized spacial score (nSPS) is 11.9. The molecule has 5 heteroatoms. The fourth-order valence-electron chi connectivity index (χ4n) is 0.941. The molecule has 0 saturated carbocycles. The second-order valence-corrected chi connectivity index (χ2v) is 3.52. The number of para-hydroxylation sites is 1. The van der Waals surface area contributed by atoms with E-state index in [-0.39, 0.29) is 5.88 Å². The van der Waals surface area contributed by atoms with E-state index in [4.69, 9.17) is 23.2 Å². The number of anilines is 1. The van der Waals surface area contributed by atoms with E-state index < -0.39 is 17.1 Å². The summed E-state index contributed by atoms with van der Waals surface area (Å²) >= 11 is 10.9. The summed E-state index contributed by atoms with van der Waals surface area (Å²) in [5.74, 6) is -1.34. The van der Waals surface area contributed by atoms with Gasteiger partial charge >= 0.3 is 0 Å². The second-order valence-electron chi connectivity index (χ2n) is 2.82. The van der Waals surface area contributed by atoms with Gasteiger partial charge in [-0.3, -0.25) is 9.59 Å². The van der Waals surface area contributed by atoms with Gasteiger partial charge in [-0.2, -0.15) is 0 Å². The predicted molar refractivity (Wildman–Crippen MR) is 60.4 cm³/mol. The van der Waals surface area contributed by atoms with Crippen molar-refractivity contribution >= 4 is 40.6 Å². The van der Waals surface area contributed by atoms with Crippen molar-refractivity contribution in [3.8, 4) is 0 Å². The van der Waals surface area contributed by atoms with Gasteiger partial charge in [-0.15, -0.1) is 23.2 Å². The Kier molecular flexibility index (Phi) is 4.59. The minimum absolute atomic E-state index is 0.267. The van der Waals surface area contributed by atoms with E-state index in [1.165, 1.54) is 0 Å². The summed E-state index contributed by atoms with van der Waals surface area (Å²) in [5, 5.41) is 1.27. The van der Waals surface area contributed by atoms with E-state index in [0.29, 0.717) is 5.69 Å². The smallest absolute Gasteiger partial charge is 0.250 e. The summed E-state index contributed by atoms with van der Waals surface area (Å²) in [4.78, 5) is 22.4. The molecule has 3 nitrogen and oxygen atoms in total. The lowest BCUT2D eigenvalue weighted by atomic mass is 10.2. The highest BCUT2D eigenvalue weighted by Crippen LogP contribution is 2.08. The molecule has 80 valence electrons. The molecular formula is C10H9Cl2NO2. The lowest BCUT2D eigenvalue weighted by Gasteiger charge is -2.07. The molecule has 1 amide bonds. The van der Waals surface area contributed by atoms with Crippen molar-refractivity contribution in [1.29, 1.82) is 0 Å². The van der Waals surface area contributed by atoms with Gasteiger partial charge in [-0.25, -0.2) is 0 Å². The first-order chi connectivity index (χ1) is 7.15. The summed E-state index contributed by atoms with van der Waals surface area (Å²) < 4.78 is 0. The zero-order valence-electron chi connectivity index (χ0n) is 7.74. The topological polar surface area (TPSA) is 46.2 Å². The molecule has 1 aromatic carbocycles. The zero-order valence-corrected chi connectivity index (χ0v) is 9.26. The monoisotopic (exact) mass is 245 g/mol. The maximum Gasteiger partial charge on any atom is 0.250 e. The van der Waals surface area contributed by atoms with Crippen LogP contribution < -0.4 is 5.32 Å². The van der Waals surface area contributed by atoms with E-state index in [2.05, 4.69) is 5.32 Å². The standard InChI is InChI=1S/C10H9Cl2NO2/c11-6-8(14)9(12)10(15)13-7-4-2-1-3-5-7/h1-5,9H,6H2,(H,13,15)/t9-/m0/s1. The van der Waals surface area contributed by atoms with Crippen molar-refractivity contribution in [2.24, 2.45) is 0 Å². The number of ketones is 1. The molecule has 0 fully saturated rings. The van der Waals surface area contributed by atoms with Crippen molar-refractivity contribution in [2.45, 2.75) is 5.38 Å². The Balaban J connectivity index is 2.60. The lowest BCUT2D eigenvalue weighted by Crippen LogP contribution is -2.31. The maximum absolute atomic E-state index is 11.4. The maximum atomic E-state index is 11.4. The molecule has 1 aromatic rings. The van der Waals surface area contributed by atoms with Crippen LogP contribution in [-0.2, 0) is 9.59 Å². The number of alkyl halides is 2. The molecule has 0 bridgehead atoms. The largest absolute Gasteiger partial charge is 0.324 e. The first-order valence-electron chi connectivity index (χ1n) is 4.24. The van der Waals surface area contributed by atoms with Crippen LogP contribution in [0.25, 0.3) is 0 Å². The molecule has 0 spiro atoms.